The Kier molecular flexibility index (Phi) is 4.22. The average molecular weight is 251 g/mol. The lowest BCUT2D eigenvalue weighted by molar-refractivity contribution is 0.0446. The molecule has 2 rings (SSSR count). The molecule has 1 saturated heterocycles. The van der Waals surface area contributed by atoms with Crippen LogP contribution in [-0.2, 0) is 10.3 Å². The van der Waals surface area contributed by atoms with Crippen LogP contribution in [-0.4, -0.2) is 50.5 Å². The summed E-state index contributed by atoms with van der Waals surface area (Å²) < 4.78 is 10.7. The van der Waals surface area contributed by atoms with E-state index in [-0.39, 0.29) is 0 Å². The number of aliphatic hydroxyl groups is 1. The van der Waals surface area contributed by atoms with Crippen LogP contribution in [0.1, 0.15) is 12.0 Å². The summed E-state index contributed by atoms with van der Waals surface area (Å²) >= 11 is 0. The number of hydrogen-bond acceptors (Lipinski definition) is 4. The Labute approximate surface area is 108 Å². The van der Waals surface area contributed by atoms with Gasteiger partial charge < -0.3 is 19.5 Å². The number of methoxy groups -OCH3 is 1. The molecule has 0 aliphatic carbocycles. The van der Waals surface area contributed by atoms with Gasteiger partial charge in [-0.05, 0) is 19.5 Å². The molecule has 18 heavy (non-hydrogen) atoms. The first-order chi connectivity index (χ1) is 8.65. The van der Waals surface area contributed by atoms with Crippen molar-refractivity contribution in [3.8, 4) is 5.75 Å². The van der Waals surface area contributed by atoms with Gasteiger partial charge in [0.1, 0.15) is 18.0 Å². The monoisotopic (exact) mass is 251 g/mol. The van der Waals surface area contributed by atoms with Gasteiger partial charge in [-0.1, -0.05) is 18.2 Å². The summed E-state index contributed by atoms with van der Waals surface area (Å²) in [4.78, 5) is 2.13. The molecule has 100 valence electrons. The predicted molar refractivity (Wildman–Crippen MR) is 69.8 cm³/mol. The lowest BCUT2D eigenvalue weighted by atomic mass is 9.92. The van der Waals surface area contributed by atoms with Crippen molar-refractivity contribution in [2.75, 3.05) is 40.5 Å². The van der Waals surface area contributed by atoms with Crippen LogP contribution in [0.3, 0.4) is 0 Å². The predicted octanol–water partition coefficient (Wildman–Crippen LogP) is 1.23. The minimum atomic E-state index is -0.793. The Balaban J connectivity index is 2.16. The number of likely N-dealkylation sites (N-methyl/N-ethyl adjacent to an activating group) is 1. The van der Waals surface area contributed by atoms with E-state index in [2.05, 4.69) is 4.90 Å². The van der Waals surface area contributed by atoms with Crippen molar-refractivity contribution >= 4 is 0 Å². The molecule has 1 unspecified atom stereocenters. The zero-order valence-electron chi connectivity index (χ0n) is 11.1. The molecule has 0 bridgehead atoms. The fraction of sp³-hybridized carbons (Fsp3) is 0.571. The fourth-order valence-electron chi connectivity index (χ4n) is 2.41. The maximum Gasteiger partial charge on any atom is 0.125 e. The number of para-hydroxylation sites is 1. The maximum atomic E-state index is 10.7. The van der Waals surface area contributed by atoms with Crippen LogP contribution in [0.2, 0.25) is 0 Å². The third kappa shape index (κ3) is 2.83. The summed E-state index contributed by atoms with van der Waals surface area (Å²) in [5.74, 6) is 0.757. The lowest BCUT2D eigenvalue weighted by Gasteiger charge is -2.25. The highest BCUT2D eigenvalue weighted by Gasteiger charge is 2.38. The minimum Gasteiger partial charge on any atom is -0.491 e. The van der Waals surface area contributed by atoms with Crippen molar-refractivity contribution in [2.24, 2.45) is 0 Å². The van der Waals surface area contributed by atoms with Gasteiger partial charge in [-0.3, -0.25) is 0 Å². The van der Waals surface area contributed by atoms with Gasteiger partial charge in [0, 0.05) is 25.8 Å². The second-order valence-electron chi connectivity index (χ2n) is 4.86. The van der Waals surface area contributed by atoms with Gasteiger partial charge in [-0.15, -0.1) is 0 Å². The molecule has 0 aromatic heterocycles. The second-order valence-corrected chi connectivity index (χ2v) is 4.86. The number of rotatable bonds is 5. The third-order valence-electron chi connectivity index (χ3n) is 3.37. The summed E-state index contributed by atoms with van der Waals surface area (Å²) in [5, 5.41) is 10.7. The number of ether oxygens (including phenoxy) is 2. The van der Waals surface area contributed by atoms with E-state index < -0.39 is 5.60 Å². The van der Waals surface area contributed by atoms with Crippen LogP contribution in [0.15, 0.2) is 24.3 Å². The van der Waals surface area contributed by atoms with Crippen molar-refractivity contribution in [1.82, 2.24) is 4.90 Å². The van der Waals surface area contributed by atoms with Crippen LogP contribution in [0.25, 0.3) is 0 Å². The highest BCUT2D eigenvalue weighted by atomic mass is 16.5. The summed E-state index contributed by atoms with van der Waals surface area (Å²) in [5.41, 5.74) is 0.0868. The second kappa shape index (κ2) is 5.69. The highest BCUT2D eigenvalue weighted by molar-refractivity contribution is 5.39. The summed E-state index contributed by atoms with van der Waals surface area (Å²) in [6, 6.07) is 7.71. The number of benzene rings is 1. The molecule has 1 heterocycles. The molecule has 4 nitrogen and oxygen atoms in total. The smallest absolute Gasteiger partial charge is 0.125 e. The standard InChI is InChI=1S/C14H21NO3/c1-15-8-7-14(16,11-15)12-5-3-4-6-13(12)18-10-9-17-2/h3-6,16H,7-11H2,1-2H3. The van der Waals surface area contributed by atoms with Crippen LogP contribution in [0.5, 0.6) is 5.75 Å². The Morgan fingerprint density at radius 2 is 2.11 bits per heavy atom. The van der Waals surface area contributed by atoms with Crippen molar-refractivity contribution in [1.29, 1.82) is 0 Å². The van der Waals surface area contributed by atoms with Crippen LogP contribution < -0.4 is 4.74 Å². The SMILES string of the molecule is COCCOc1ccccc1C1(O)CCN(C)C1. The molecule has 4 heteroatoms. The number of likely N-dealkylation sites (tertiary alicyclic amines) is 1. The zero-order chi connectivity index (χ0) is 13.0. The Morgan fingerprint density at radius 3 is 2.78 bits per heavy atom. The molecule has 1 atom stereocenters. The van der Waals surface area contributed by atoms with E-state index in [9.17, 15) is 5.11 Å². The fourth-order valence-corrected chi connectivity index (χ4v) is 2.41. The van der Waals surface area contributed by atoms with Crippen molar-refractivity contribution in [2.45, 2.75) is 12.0 Å². The molecule has 0 spiro atoms. The van der Waals surface area contributed by atoms with Gasteiger partial charge in [0.15, 0.2) is 0 Å². The Hall–Kier alpha value is -1.10. The van der Waals surface area contributed by atoms with Crippen LogP contribution in [0.4, 0.5) is 0 Å². The molecule has 1 fully saturated rings. The molecular formula is C14H21NO3. The van der Waals surface area contributed by atoms with Gasteiger partial charge in [0.25, 0.3) is 0 Å². The van der Waals surface area contributed by atoms with E-state index >= 15 is 0 Å². The van der Waals surface area contributed by atoms with Gasteiger partial charge in [0.2, 0.25) is 0 Å². The van der Waals surface area contributed by atoms with Crippen LogP contribution in [0, 0.1) is 0 Å². The molecule has 1 aromatic rings. The maximum absolute atomic E-state index is 10.7. The molecule has 0 saturated carbocycles. The van der Waals surface area contributed by atoms with Crippen molar-refractivity contribution in [3.63, 3.8) is 0 Å². The van der Waals surface area contributed by atoms with E-state index in [1.54, 1.807) is 7.11 Å². The quantitative estimate of drug-likeness (QED) is 0.799. The molecular weight excluding hydrogens is 230 g/mol. The molecule has 0 radical (unpaired) electrons. The first-order valence-corrected chi connectivity index (χ1v) is 6.28. The summed E-state index contributed by atoms with van der Waals surface area (Å²) in [7, 11) is 3.67. The van der Waals surface area contributed by atoms with Gasteiger partial charge >= 0.3 is 0 Å². The van der Waals surface area contributed by atoms with E-state index in [1.807, 2.05) is 31.3 Å². The average Bonchev–Trinajstić information content (AvgIpc) is 2.71. The van der Waals surface area contributed by atoms with Crippen molar-refractivity contribution < 1.29 is 14.6 Å². The van der Waals surface area contributed by atoms with E-state index in [1.165, 1.54) is 0 Å². The molecule has 1 aromatic carbocycles. The highest BCUT2D eigenvalue weighted by Crippen LogP contribution is 2.36. The topological polar surface area (TPSA) is 41.9 Å². The van der Waals surface area contributed by atoms with Crippen molar-refractivity contribution in [3.05, 3.63) is 29.8 Å². The molecule has 1 aliphatic rings. The number of nitrogens with zero attached hydrogens (tertiary/aromatic N) is 1. The largest absolute Gasteiger partial charge is 0.491 e. The minimum absolute atomic E-state index is 0.499. The van der Waals surface area contributed by atoms with Gasteiger partial charge in [0.05, 0.1) is 6.61 Å². The van der Waals surface area contributed by atoms with E-state index in [4.69, 9.17) is 9.47 Å². The summed E-state index contributed by atoms with van der Waals surface area (Å²) in [6.45, 7) is 2.60. The molecule has 1 N–H and O–H groups in total. The first-order valence-electron chi connectivity index (χ1n) is 6.28. The van der Waals surface area contributed by atoms with E-state index in [0.29, 0.717) is 19.8 Å². The molecule has 0 amide bonds. The van der Waals surface area contributed by atoms with E-state index in [0.717, 1.165) is 24.3 Å². The zero-order valence-corrected chi connectivity index (χ0v) is 11.1. The summed E-state index contributed by atoms with van der Waals surface area (Å²) in [6.07, 6.45) is 0.744. The first kappa shape index (κ1) is 13.3. The van der Waals surface area contributed by atoms with Gasteiger partial charge in [-0.25, -0.2) is 0 Å². The Bertz CT molecular complexity index is 396. The normalized spacial score (nSPS) is 24.4. The third-order valence-corrected chi connectivity index (χ3v) is 3.37. The molecule has 1 aliphatic heterocycles. The Morgan fingerprint density at radius 1 is 1.33 bits per heavy atom. The van der Waals surface area contributed by atoms with Gasteiger partial charge in [-0.2, -0.15) is 0 Å². The number of hydrogen-bond donors (Lipinski definition) is 1. The number of β-amino-alcohol motifs (C(OH)–C–C–N with tert-alkyl or cyclic N) is 1. The lowest BCUT2D eigenvalue weighted by Crippen LogP contribution is -2.29. The van der Waals surface area contributed by atoms with Crippen LogP contribution >= 0.6 is 0 Å².